The smallest absolute Gasteiger partial charge is 0.287 e. The van der Waals surface area contributed by atoms with Gasteiger partial charge in [-0.3, -0.25) is 4.79 Å². The molecule has 10 heteroatoms. The molecule has 1 aromatic rings. The number of hydrogen-bond donors (Lipinski definition) is 0. The van der Waals surface area contributed by atoms with Gasteiger partial charge in [0.05, 0.1) is 4.90 Å². The normalized spacial score (nSPS) is 13.5. The number of carbonyl (C=O) groups is 1. The maximum atomic E-state index is 13.0. The summed E-state index contributed by atoms with van der Waals surface area (Å²) in [6.07, 6.45) is -6.06. The minimum atomic E-state index is -6.06. The number of rotatable bonds is 4. The molecule has 0 heterocycles. The molecule has 0 fully saturated rings. The zero-order valence-corrected chi connectivity index (χ0v) is 11.6. The number of benzene rings is 1. The molecule has 0 atom stereocenters. The van der Waals surface area contributed by atoms with Crippen molar-refractivity contribution in [2.75, 3.05) is 14.1 Å². The zero-order valence-electron chi connectivity index (χ0n) is 10.8. The number of alkyl halides is 5. The van der Waals surface area contributed by atoms with Gasteiger partial charge < -0.3 is 0 Å². The summed E-state index contributed by atoms with van der Waals surface area (Å²) >= 11 is 0. The molecule has 0 aliphatic heterocycles. The number of ketones is 1. The predicted molar refractivity (Wildman–Crippen MR) is 62.6 cm³/mol. The first kappa shape index (κ1) is 17.5. The fourth-order valence-electron chi connectivity index (χ4n) is 1.32. The summed E-state index contributed by atoms with van der Waals surface area (Å²) in [6.45, 7) is 0. The SMILES string of the molecule is CN(C)S(=O)(=O)c1cccc(C(=O)C(F)(F)C(F)(F)F)c1. The fourth-order valence-corrected chi connectivity index (χ4v) is 2.27. The van der Waals surface area contributed by atoms with E-state index in [4.69, 9.17) is 0 Å². The van der Waals surface area contributed by atoms with Gasteiger partial charge in [-0.2, -0.15) is 22.0 Å². The molecule has 1 aromatic carbocycles. The first-order chi connectivity index (χ1) is 9.31. The molecule has 0 N–H and O–H groups in total. The minimum Gasteiger partial charge on any atom is -0.287 e. The number of nitrogens with zero attached hydrogens (tertiary/aromatic N) is 1. The molecule has 0 amide bonds. The van der Waals surface area contributed by atoms with Crippen molar-refractivity contribution in [3.8, 4) is 0 Å². The third kappa shape index (κ3) is 3.21. The molecular weight excluding hydrogens is 321 g/mol. The Morgan fingerprint density at radius 1 is 1.10 bits per heavy atom. The van der Waals surface area contributed by atoms with Crippen LogP contribution in [0.5, 0.6) is 0 Å². The zero-order chi connectivity index (χ0) is 16.6. The lowest BCUT2D eigenvalue weighted by molar-refractivity contribution is -0.255. The van der Waals surface area contributed by atoms with Crippen LogP contribution < -0.4 is 0 Å². The highest BCUT2D eigenvalue weighted by molar-refractivity contribution is 7.89. The van der Waals surface area contributed by atoms with E-state index in [9.17, 15) is 35.2 Å². The highest BCUT2D eigenvalue weighted by atomic mass is 32.2. The summed E-state index contributed by atoms with van der Waals surface area (Å²) in [5.74, 6) is -8.10. The summed E-state index contributed by atoms with van der Waals surface area (Å²) in [5.41, 5.74) is -1.04. The van der Waals surface area contributed by atoms with Crippen molar-refractivity contribution in [2.45, 2.75) is 17.0 Å². The fraction of sp³-hybridized carbons (Fsp3) is 0.364. The van der Waals surface area contributed by atoms with Crippen LogP contribution in [0.4, 0.5) is 22.0 Å². The molecule has 0 bridgehead atoms. The van der Waals surface area contributed by atoms with Gasteiger partial charge in [0.25, 0.3) is 0 Å². The third-order valence-corrected chi connectivity index (χ3v) is 4.33. The van der Waals surface area contributed by atoms with Crippen molar-refractivity contribution in [3.63, 3.8) is 0 Å². The van der Waals surface area contributed by atoms with Crippen molar-refractivity contribution in [1.29, 1.82) is 0 Å². The molecule has 4 nitrogen and oxygen atoms in total. The lowest BCUT2D eigenvalue weighted by atomic mass is 10.1. The van der Waals surface area contributed by atoms with Crippen molar-refractivity contribution < 1.29 is 35.2 Å². The highest BCUT2D eigenvalue weighted by Gasteiger charge is 2.63. The van der Waals surface area contributed by atoms with Crippen molar-refractivity contribution in [3.05, 3.63) is 29.8 Å². The molecular formula is C11H10F5NO3S. The number of sulfonamides is 1. The average molecular weight is 331 g/mol. The molecule has 21 heavy (non-hydrogen) atoms. The van der Waals surface area contributed by atoms with Gasteiger partial charge in [0, 0.05) is 19.7 Å². The lowest BCUT2D eigenvalue weighted by Gasteiger charge is -2.18. The summed E-state index contributed by atoms with van der Waals surface area (Å²) in [6, 6.07) is 3.07. The van der Waals surface area contributed by atoms with Gasteiger partial charge in [0.15, 0.2) is 0 Å². The lowest BCUT2D eigenvalue weighted by Crippen LogP contribution is -2.44. The Balaban J connectivity index is 3.34. The second-order valence-corrected chi connectivity index (χ2v) is 6.37. The number of Topliss-reactive ketones (excluding diaryl/α,β-unsaturated/α-hetero) is 1. The van der Waals surface area contributed by atoms with Crippen molar-refractivity contribution >= 4 is 15.8 Å². The van der Waals surface area contributed by atoms with Crippen LogP contribution in [0.25, 0.3) is 0 Å². The van der Waals surface area contributed by atoms with Crippen molar-refractivity contribution in [2.24, 2.45) is 0 Å². The molecule has 0 aliphatic carbocycles. The maximum absolute atomic E-state index is 13.0. The second kappa shape index (κ2) is 5.34. The summed E-state index contributed by atoms with van der Waals surface area (Å²) in [4.78, 5) is 10.7. The van der Waals surface area contributed by atoms with E-state index in [-0.39, 0.29) is 0 Å². The van der Waals surface area contributed by atoms with Crippen LogP contribution in [0.1, 0.15) is 10.4 Å². The van der Waals surface area contributed by atoms with Gasteiger partial charge in [-0.1, -0.05) is 12.1 Å². The quantitative estimate of drug-likeness (QED) is 0.628. The first-order valence-corrected chi connectivity index (χ1v) is 6.77. The number of hydrogen-bond acceptors (Lipinski definition) is 3. The molecule has 0 radical (unpaired) electrons. The monoisotopic (exact) mass is 331 g/mol. The van der Waals surface area contributed by atoms with Crippen LogP contribution in [0, 0.1) is 0 Å². The summed E-state index contributed by atoms with van der Waals surface area (Å²) < 4.78 is 86.6. The van der Waals surface area contributed by atoms with Crippen LogP contribution in [-0.4, -0.2) is 44.7 Å². The Morgan fingerprint density at radius 2 is 1.62 bits per heavy atom. The number of halogens is 5. The van der Waals surface area contributed by atoms with E-state index in [0.29, 0.717) is 12.1 Å². The standard InChI is InChI=1S/C11H10F5NO3S/c1-17(2)21(19,20)8-5-3-4-7(6-8)9(18)10(12,13)11(14,15)16/h3-6H,1-2H3. The van der Waals surface area contributed by atoms with Crippen LogP contribution in [-0.2, 0) is 10.0 Å². The molecule has 0 unspecified atom stereocenters. The topological polar surface area (TPSA) is 54.5 Å². The van der Waals surface area contributed by atoms with E-state index in [1.54, 1.807) is 0 Å². The van der Waals surface area contributed by atoms with Gasteiger partial charge in [-0.05, 0) is 12.1 Å². The molecule has 118 valence electrons. The Kier molecular flexibility index (Phi) is 4.45. The Hall–Kier alpha value is -1.55. The molecule has 0 aromatic heterocycles. The molecule has 0 saturated heterocycles. The largest absolute Gasteiger partial charge is 0.461 e. The minimum absolute atomic E-state index is 0.483. The highest BCUT2D eigenvalue weighted by Crippen LogP contribution is 2.38. The van der Waals surface area contributed by atoms with E-state index in [2.05, 4.69) is 0 Å². The Bertz CT molecular complexity index is 652. The Labute approximate surface area is 117 Å². The van der Waals surface area contributed by atoms with Crippen LogP contribution in [0.3, 0.4) is 0 Å². The van der Waals surface area contributed by atoms with E-state index in [0.717, 1.165) is 30.5 Å². The van der Waals surface area contributed by atoms with Gasteiger partial charge in [-0.25, -0.2) is 12.7 Å². The summed E-state index contributed by atoms with van der Waals surface area (Å²) in [5, 5.41) is 0. The van der Waals surface area contributed by atoms with E-state index < -0.39 is 38.4 Å². The number of carbonyl (C=O) groups excluding carboxylic acids is 1. The Morgan fingerprint density at radius 3 is 2.05 bits per heavy atom. The maximum Gasteiger partial charge on any atom is 0.461 e. The van der Waals surface area contributed by atoms with Crippen LogP contribution in [0.15, 0.2) is 29.2 Å². The molecule has 0 spiro atoms. The third-order valence-electron chi connectivity index (χ3n) is 2.52. The van der Waals surface area contributed by atoms with Crippen LogP contribution >= 0.6 is 0 Å². The average Bonchev–Trinajstić information content (AvgIpc) is 2.36. The second-order valence-electron chi connectivity index (χ2n) is 4.22. The van der Waals surface area contributed by atoms with E-state index in [1.165, 1.54) is 0 Å². The molecule has 0 aliphatic rings. The van der Waals surface area contributed by atoms with Crippen molar-refractivity contribution in [1.82, 2.24) is 4.31 Å². The van der Waals surface area contributed by atoms with Crippen LogP contribution in [0.2, 0.25) is 0 Å². The van der Waals surface area contributed by atoms with Gasteiger partial charge in [0.1, 0.15) is 0 Å². The first-order valence-electron chi connectivity index (χ1n) is 5.33. The van der Waals surface area contributed by atoms with Gasteiger partial charge in [0.2, 0.25) is 15.8 Å². The van der Waals surface area contributed by atoms with E-state index >= 15 is 0 Å². The van der Waals surface area contributed by atoms with Gasteiger partial charge in [-0.15, -0.1) is 0 Å². The predicted octanol–water partition coefficient (Wildman–Crippen LogP) is 2.32. The van der Waals surface area contributed by atoms with E-state index in [1.807, 2.05) is 0 Å². The summed E-state index contributed by atoms with van der Waals surface area (Å²) in [7, 11) is -1.76. The van der Waals surface area contributed by atoms with Gasteiger partial charge >= 0.3 is 12.1 Å². The molecule has 0 saturated carbocycles. The molecule has 1 rings (SSSR count).